The zero-order valence-electron chi connectivity index (χ0n) is 9.17. The summed E-state index contributed by atoms with van der Waals surface area (Å²) < 4.78 is 0.549. The van der Waals surface area contributed by atoms with Gasteiger partial charge in [0.1, 0.15) is 0 Å². The Morgan fingerprint density at radius 1 is 1.53 bits per heavy atom. The van der Waals surface area contributed by atoms with Crippen molar-refractivity contribution in [3.8, 4) is 0 Å². The smallest absolute Gasteiger partial charge is 0.191 e. The lowest BCUT2D eigenvalue weighted by Crippen LogP contribution is -2.14. The van der Waals surface area contributed by atoms with E-state index in [2.05, 4.69) is 21.2 Å². The standard InChI is InChI=1S/C10H16BrN3O/c1-4-13-10(11)8(7-12)9(15)5-6-14(2)3/h5-7,12-13H,4H2,1-3H3/b6-5+,10-8+,12-7?. The predicted octanol–water partition coefficient (Wildman–Crippen LogP) is 1.50. The summed E-state index contributed by atoms with van der Waals surface area (Å²) in [5, 5.41) is 10.1. The predicted molar refractivity (Wildman–Crippen MR) is 66.2 cm³/mol. The maximum Gasteiger partial charge on any atom is 0.191 e. The van der Waals surface area contributed by atoms with Crippen molar-refractivity contribution in [2.45, 2.75) is 6.92 Å². The van der Waals surface area contributed by atoms with Gasteiger partial charge in [0.25, 0.3) is 0 Å². The highest BCUT2D eigenvalue weighted by atomic mass is 79.9. The molecule has 0 saturated carbocycles. The van der Waals surface area contributed by atoms with Crippen molar-refractivity contribution in [3.63, 3.8) is 0 Å². The third kappa shape index (κ3) is 5.37. The number of hydrogen-bond donors (Lipinski definition) is 2. The molecule has 4 nitrogen and oxygen atoms in total. The Bertz CT molecular complexity index is 295. The highest BCUT2D eigenvalue weighted by molar-refractivity contribution is 9.11. The van der Waals surface area contributed by atoms with E-state index in [1.165, 1.54) is 6.08 Å². The van der Waals surface area contributed by atoms with Gasteiger partial charge in [-0.1, -0.05) is 0 Å². The van der Waals surface area contributed by atoms with E-state index in [0.29, 0.717) is 16.7 Å². The number of nitrogens with one attached hydrogen (secondary N) is 2. The lowest BCUT2D eigenvalue weighted by molar-refractivity contribution is -0.110. The van der Waals surface area contributed by atoms with Crippen LogP contribution in [0.15, 0.2) is 22.5 Å². The molecule has 0 bridgehead atoms. The van der Waals surface area contributed by atoms with Crippen molar-refractivity contribution in [1.29, 1.82) is 5.41 Å². The molecule has 0 spiro atoms. The van der Waals surface area contributed by atoms with E-state index >= 15 is 0 Å². The zero-order chi connectivity index (χ0) is 11.8. The quantitative estimate of drug-likeness (QED) is 0.438. The molecular formula is C10H16BrN3O. The lowest BCUT2D eigenvalue weighted by Gasteiger charge is -2.06. The van der Waals surface area contributed by atoms with Gasteiger partial charge in [-0.05, 0) is 22.9 Å². The molecule has 0 rings (SSSR count). The molecule has 0 aliphatic rings. The largest absolute Gasteiger partial charge is 0.383 e. The van der Waals surface area contributed by atoms with Crippen LogP contribution in [0.3, 0.4) is 0 Å². The van der Waals surface area contributed by atoms with Gasteiger partial charge in [-0.15, -0.1) is 0 Å². The fourth-order valence-electron chi connectivity index (χ4n) is 0.800. The highest BCUT2D eigenvalue weighted by Crippen LogP contribution is 2.08. The fourth-order valence-corrected chi connectivity index (χ4v) is 1.39. The van der Waals surface area contributed by atoms with Gasteiger partial charge in [0, 0.05) is 39.1 Å². The van der Waals surface area contributed by atoms with Crippen molar-refractivity contribution < 1.29 is 4.79 Å². The summed E-state index contributed by atoms with van der Waals surface area (Å²) in [6.07, 6.45) is 4.12. The minimum Gasteiger partial charge on any atom is -0.383 e. The van der Waals surface area contributed by atoms with Crippen LogP contribution in [-0.4, -0.2) is 37.5 Å². The second kappa shape index (κ2) is 7.23. The maximum atomic E-state index is 11.6. The summed E-state index contributed by atoms with van der Waals surface area (Å²) in [4.78, 5) is 13.4. The second-order valence-corrected chi connectivity index (χ2v) is 3.84. The molecule has 0 aromatic heterocycles. The molecule has 2 N–H and O–H groups in total. The molecule has 15 heavy (non-hydrogen) atoms. The molecule has 0 atom stereocenters. The first-order valence-corrected chi connectivity index (χ1v) is 5.35. The Balaban J connectivity index is 4.75. The SMILES string of the molecule is CCN/C(Br)=C(\C=N)C(=O)/C=C/N(C)C. The van der Waals surface area contributed by atoms with Crippen LogP contribution in [-0.2, 0) is 4.79 Å². The molecule has 0 fully saturated rings. The molecule has 0 radical (unpaired) electrons. The van der Waals surface area contributed by atoms with Gasteiger partial charge in [-0.25, -0.2) is 0 Å². The average molecular weight is 274 g/mol. The first-order valence-electron chi connectivity index (χ1n) is 4.56. The molecule has 84 valence electrons. The van der Waals surface area contributed by atoms with Gasteiger partial charge in [0.05, 0.1) is 10.2 Å². The van der Waals surface area contributed by atoms with Crippen LogP contribution >= 0.6 is 15.9 Å². The van der Waals surface area contributed by atoms with Gasteiger partial charge in [-0.3, -0.25) is 4.79 Å². The van der Waals surface area contributed by atoms with Crippen molar-refractivity contribution in [3.05, 3.63) is 22.5 Å². The van der Waals surface area contributed by atoms with E-state index in [1.807, 2.05) is 21.0 Å². The average Bonchev–Trinajstić information content (AvgIpc) is 2.16. The Morgan fingerprint density at radius 3 is 2.53 bits per heavy atom. The minimum atomic E-state index is -0.202. The van der Waals surface area contributed by atoms with Gasteiger partial charge < -0.3 is 15.6 Å². The van der Waals surface area contributed by atoms with Crippen LogP contribution in [0, 0.1) is 5.41 Å². The molecule has 5 heteroatoms. The molecule has 0 aliphatic carbocycles. The first-order chi connectivity index (χ1) is 7.02. The van der Waals surface area contributed by atoms with Crippen LogP contribution in [0.5, 0.6) is 0 Å². The molecule has 0 amide bonds. The van der Waals surface area contributed by atoms with Gasteiger partial charge in [0.2, 0.25) is 0 Å². The van der Waals surface area contributed by atoms with E-state index in [0.717, 1.165) is 6.21 Å². The van der Waals surface area contributed by atoms with Crippen molar-refractivity contribution >= 4 is 27.9 Å². The topological polar surface area (TPSA) is 56.2 Å². The summed E-state index contributed by atoms with van der Waals surface area (Å²) in [5.74, 6) is -0.202. The Hall–Kier alpha value is -1.10. The van der Waals surface area contributed by atoms with Crippen LogP contribution in [0.1, 0.15) is 6.92 Å². The second-order valence-electron chi connectivity index (χ2n) is 3.05. The number of allylic oxidation sites excluding steroid dienone is 2. The number of nitrogens with zero attached hydrogens (tertiary/aromatic N) is 1. The van der Waals surface area contributed by atoms with E-state index in [9.17, 15) is 4.79 Å². The highest BCUT2D eigenvalue weighted by Gasteiger charge is 2.08. The molecule has 0 aromatic rings. The van der Waals surface area contributed by atoms with Crippen molar-refractivity contribution in [2.24, 2.45) is 0 Å². The van der Waals surface area contributed by atoms with E-state index < -0.39 is 0 Å². The molecule has 0 heterocycles. The number of rotatable bonds is 6. The summed E-state index contributed by atoms with van der Waals surface area (Å²) in [6, 6.07) is 0. The molecular weight excluding hydrogens is 258 g/mol. The Labute approximate surface area is 98.7 Å². The number of carbonyl (C=O) groups is 1. The van der Waals surface area contributed by atoms with Crippen LogP contribution in [0.2, 0.25) is 0 Å². The van der Waals surface area contributed by atoms with Crippen LogP contribution in [0.4, 0.5) is 0 Å². The normalized spacial score (nSPS) is 12.3. The van der Waals surface area contributed by atoms with Crippen molar-refractivity contribution in [1.82, 2.24) is 10.2 Å². The molecule has 0 aromatic carbocycles. The molecule has 0 aliphatic heterocycles. The Morgan fingerprint density at radius 2 is 2.13 bits per heavy atom. The van der Waals surface area contributed by atoms with Gasteiger partial charge in [-0.2, -0.15) is 0 Å². The zero-order valence-corrected chi connectivity index (χ0v) is 10.8. The first kappa shape index (κ1) is 13.9. The van der Waals surface area contributed by atoms with Crippen LogP contribution in [0.25, 0.3) is 0 Å². The lowest BCUT2D eigenvalue weighted by atomic mass is 10.2. The summed E-state index contributed by atoms with van der Waals surface area (Å²) in [6.45, 7) is 2.62. The summed E-state index contributed by atoms with van der Waals surface area (Å²) in [5.41, 5.74) is 0.315. The number of ketones is 1. The minimum absolute atomic E-state index is 0.202. The third-order valence-corrected chi connectivity index (χ3v) is 2.21. The van der Waals surface area contributed by atoms with Crippen molar-refractivity contribution in [2.75, 3.05) is 20.6 Å². The van der Waals surface area contributed by atoms with E-state index in [1.54, 1.807) is 11.1 Å². The van der Waals surface area contributed by atoms with E-state index in [4.69, 9.17) is 5.41 Å². The summed E-state index contributed by atoms with van der Waals surface area (Å²) in [7, 11) is 3.66. The number of carbonyl (C=O) groups excluding carboxylic acids is 1. The molecule has 0 unspecified atom stereocenters. The number of hydrogen-bond acceptors (Lipinski definition) is 4. The monoisotopic (exact) mass is 273 g/mol. The number of halogens is 1. The van der Waals surface area contributed by atoms with Gasteiger partial charge >= 0.3 is 0 Å². The third-order valence-electron chi connectivity index (χ3n) is 1.50. The van der Waals surface area contributed by atoms with Gasteiger partial charge in [0.15, 0.2) is 5.78 Å². The maximum absolute atomic E-state index is 11.6. The fraction of sp³-hybridized carbons (Fsp3) is 0.400. The summed E-state index contributed by atoms with van der Waals surface area (Å²) >= 11 is 3.22. The van der Waals surface area contributed by atoms with E-state index in [-0.39, 0.29) is 5.78 Å². The molecule has 0 saturated heterocycles. The Kier molecular flexibility index (Phi) is 6.70. The van der Waals surface area contributed by atoms with Crippen LogP contribution < -0.4 is 5.32 Å².